The largest absolute Gasteiger partial charge is 0.305 e. The summed E-state index contributed by atoms with van der Waals surface area (Å²) in [7, 11) is 3.54. The number of hydrogen-bond donors (Lipinski definition) is 1. The minimum absolute atomic E-state index is 0.716. The fourth-order valence-electron chi connectivity index (χ4n) is 1.18. The van der Waals surface area contributed by atoms with Gasteiger partial charge in [-0.2, -0.15) is 10.6 Å². The number of nitrogens with one attached hydrogen (secondary N) is 1. The van der Waals surface area contributed by atoms with Crippen molar-refractivity contribution in [3.63, 3.8) is 0 Å². The van der Waals surface area contributed by atoms with Gasteiger partial charge in [-0.15, -0.1) is 0 Å². The van der Waals surface area contributed by atoms with Crippen LogP contribution >= 0.6 is 0 Å². The Kier molecular flexibility index (Phi) is 3.25. The molecule has 0 bridgehead atoms. The van der Waals surface area contributed by atoms with Crippen molar-refractivity contribution in [2.75, 3.05) is 7.11 Å². The second kappa shape index (κ2) is 4.23. The fraction of sp³-hybridized carbons (Fsp3) is 0.625. The molecule has 68 valence electrons. The normalized spacial score (nSPS) is 10.6. The van der Waals surface area contributed by atoms with Crippen LogP contribution < -0.4 is 5.48 Å². The topological polar surface area (TPSA) is 39.1 Å². The van der Waals surface area contributed by atoms with Crippen molar-refractivity contribution in [2.45, 2.75) is 19.9 Å². The molecule has 0 atom stereocenters. The molecule has 4 nitrogen and oxygen atoms in total. The average Bonchev–Trinajstić information content (AvgIpc) is 2.42. The summed E-state index contributed by atoms with van der Waals surface area (Å²) in [5.41, 5.74) is 5.12. The molecule has 1 aromatic heterocycles. The molecule has 1 heterocycles. The maximum atomic E-state index is 4.77. The minimum Gasteiger partial charge on any atom is -0.305 e. The third-order valence-corrected chi connectivity index (χ3v) is 1.73. The first kappa shape index (κ1) is 9.22. The van der Waals surface area contributed by atoms with Gasteiger partial charge in [-0.05, 0) is 6.42 Å². The van der Waals surface area contributed by atoms with Crippen LogP contribution in [-0.2, 0) is 24.9 Å². The van der Waals surface area contributed by atoms with E-state index < -0.39 is 0 Å². The Labute approximate surface area is 72.5 Å². The molecule has 0 aromatic carbocycles. The average molecular weight is 169 g/mol. The lowest BCUT2D eigenvalue weighted by atomic mass is 10.2. The van der Waals surface area contributed by atoms with Gasteiger partial charge >= 0.3 is 0 Å². The number of aryl methyl sites for hydroxylation is 2. The predicted molar refractivity (Wildman–Crippen MR) is 46.4 cm³/mol. The number of hydrogen-bond acceptors (Lipinski definition) is 3. The van der Waals surface area contributed by atoms with Gasteiger partial charge in [0.05, 0.1) is 12.8 Å². The lowest BCUT2D eigenvalue weighted by Crippen LogP contribution is -2.11. The van der Waals surface area contributed by atoms with Crippen molar-refractivity contribution >= 4 is 0 Å². The lowest BCUT2D eigenvalue weighted by molar-refractivity contribution is 0.0865. The predicted octanol–water partition coefficient (Wildman–Crippen LogP) is 0.633. The summed E-state index contributed by atoms with van der Waals surface area (Å²) < 4.78 is 1.82. The molecule has 0 radical (unpaired) electrons. The van der Waals surface area contributed by atoms with Crippen LogP contribution in [0.5, 0.6) is 0 Å². The molecule has 0 saturated heterocycles. The Balaban J connectivity index is 2.68. The zero-order valence-electron chi connectivity index (χ0n) is 7.79. The molecule has 0 aliphatic heterocycles. The van der Waals surface area contributed by atoms with E-state index in [1.807, 2.05) is 17.9 Å². The molecular formula is C8H15N3O. The van der Waals surface area contributed by atoms with Gasteiger partial charge in [0.2, 0.25) is 0 Å². The van der Waals surface area contributed by atoms with Crippen molar-refractivity contribution in [1.82, 2.24) is 15.3 Å². The van der Waals surface area contributed by atoms with Crippen LogP contribution in [0.25, 0.3) is 0 Å². The molecular weight excluding hydrogens is 154 g/mol. The summed E-state index contributed by atoms with van der Waals surface area (Å²) in [6.07, 6.45) is 2.96. The zero-order valence-corrected chi connectivity index (χ0v) is 7.79. The fourth-order valence-corrected chi connectivity index (χ4v) is 1.18. The molecule has 0 unspecified atom stereocenters. The van der Waals surface area contributed by atoms with E-state index in [0.29, 0.717) is 6.54 Å². The van der Waals surface area contributed by atoms with Crippen molar-refractivity contribution < 1.29 is 4.84 Å². The van der Waals surface area contributed by atoms with Crippen LogP contribution in [-0.4, -0.2) is 16.9 Å². The molecule has 12 heavy (non-hydrogen) atoms. The minimum atomic E-state index is 0.716. The molecule has 0 aliphatic carbocycles. The monoisotopic (exact) mass is 169 g/mol. The van der Waals surface area contributed by atoms with Gasteiger partial charge in [0.15, 0.2) is 0 Å². The van der Waals surface area contributed by atoms with Crippen LogP contribution in [0.4, 0.5) is 0 Å². The number of nitrogens with zero attached hydrogens (tertiary/aromatic N) is 2. The second-order valence-corrected chi connectivity index (χ2v) is 2.65. The molecule has 0 aliphatic rings. The smallest absolute Gasteiger partial charge is 0.0667 e. The highest BCUT2D eigenvalue weighted by atomic mass is 16.6. The van der Waals surface area contributed by atoms with E-state index in [0.717, 1.165) is 12.1 Å². The van der Waals surface area contributed by atoms with E-state index in [2.05, 4.69) is 17.5 Å². The highest BCUT2D eigenvalue weighted by Crippen LogP contribution is 2.05. The molecule has 0 fully saturated rings. The molecule has 1 aromatic rings. The maximum Gasteiger partial charge on any atom is 0.0667 e. The summed E-state index contributed by atoms with van der Waals surface area (Å²) in [5.74, 6) is 0. The summed E-state index contributed by atoms with van der Waals surface area (Å²) in [6.45, 7) is 2.81. The van der Waals surface area contributed by atoms with E-state index in [1.165, 1.54) is 5.56 Å². The molecule has 1 rings (SSSR count). The Morgan fingerprint density at radius 2 is 2.42 bits per heavy atom. The van der Waals surface area contributed by atoms with E-state index in [-0.39, 0.29) is 0 Å². The number of rotatable bonds is 4. The van der Waals surface area contributed by atoms with Crippen molar-refractivity contribution in [2.24, 2.45) is 7.05 Å². The van der Waals surface area contributed by atoms with Crippen LogP contribution in [0.1, 0.15) is 18.2 Å². The summed E-state index contributed by atoms with van der Waals surface area (Å²) >= 11 is 0. The van der Waals surface area contributed by atoms with E-state index in [4.69, 9.17) is 4.84 Å². The molecule has 1 N–H and O–H groups in total. The Morgan fingerprint density at radius 3 is 3.00 bits per heavy atom. The highest BCUT2D eigenvalue weighted by Gasteiger charge is 2.03. The molecule has 0 amide bonds. The van der Waals surface area contributed by atoms with E-state index >= 15 is 0 Å². The lowest BCUT2D eigenvalue weighted by Gasteiger charge is -1.99. The van der Waals surface area contributed by atoms with Gasteiger partial charge in [0.25, 0.3) is 0 Å². The van der Waals surface area contributed by atoms with Gasteiger partial charge in [-0.1, -0.05) is 6.92 Å². The van der Waals surface area contributed by atoms with Crippen LogP contribution in [0, 0.1) is 0 Å². The first-order valence-corrected chi connectivity index (χ1v) is 4.05. The first-order chi connectivity index (χ1) is 5.77. The van der Waals surface area contributed by atoms with Crippen LogP contribution in [0.15, 0.2) is 6.20 Å². The van der Waals surface area contributed by atoms with Crippen molar-refractivity contribution in [3.05, 3.63) is 17.5 Å². The second-order valence-electron chi connectivity index (χ2n) is 2.65. The summed E-state index contributed by atoms with van der Waals surface area (Å²) in [4.78, 5) is 4.77. The molecule has 0 saturated carbocycles. The standard InChI is InChI=1S/C8H15N3O/c1-4-8-7(5-9-12-3)6-11(2)10-8/h6,9H,4-5H2,1-3H3. The SMILES string of the molecule is CCc1nn(C)cc1CNOC. The van der Waals surface area contributed by atoms with Crippen LogP contribution in [0.3, 0.4) is 0 Å². The van der Waals surface area contributed by atoms with Crippen LogP contribution in [0.2, 0.25) is 0 Å². The molecule has 0 spiro atoms. The third kappa shape index (κ3) is 2.06. The van der Waals surface area contributed by atoms with Gasteiger partial charge in [0, 0.05) is 25.4 Å². The number of hydroxylamine groups is 1. The van der Waals surface area contributed by atoms with E-state index in [9.17, 15) is 0 Å². The Morgan fingerprint density at radius 1 is 1.67 bits per heavy atom. The summed E-state index contributed by atoms with van der Waals surface area (Å²) in [5, 5.41) is 4.30. The van der Waals surface area contributed by atoms with E-state index in [1.54, 1.807) is 7.11 Å². The summed E-state index contributed by atoms with van der Waals surface area (Å²) in [6, 6.07) is 0. The van der Waals surface area contributed by atoms with Crippen molar-refractivity contribution in [3.8, 4) is 0 Å². The maximum absolute atomic E-state index is 4.77. The Bertz CT molecular complexity index is 244. The van der Waals surface area contributed by atoms with Gasteiger partial charge < -0.3 is 4.84 Å². The molecule has 4 heteroatoms. The zero-order chi connectivity index (χ0) is 8.97. The first-order valence-electron chi connectivity index (χ1n) is 4.05. The van der Waals surface area contributed by atoms with Gasteiger partial charge in [0.1, 0.15) is 0 Å². The highest BCUT2D eigenvalue weighted by molar-refractivity contribution is 5.16. The third-order valence-electron chi connectivity index (χ3n) is 1.73. The van der Waals surface area contributed by atoms with Gasteiger partial charge in [-0.25, -0.2) is 0 Å². The van der Waals surface area contributed by atoms with Gasteiger partial charge in [-0.3, -0.25) is 4.68 Å². The quantitative estimate of drug-likeness (QED) is 0.672. The number of aromatic nitrogens is 2. The van der Waals surface area contributed by atoms with Crippen molar-refractivity contribution in [1.29, 1.82) is 0 Å². The Hall–Kier alpha value is -0.870.